The van der Waals surface area contributed by atoms with Crippen molar-refractivity contribution in [2.75, 3.05) is 5.32 Å². The molecule has 3 aromatic carbocycles. The largest absolute Gasteiger partial charge is 0.427 e. The molecule has 3 rings (SSSR count). The minimum Gasteiger partial charge on any atom is -0.427 e. The summed E-state index contributed by atoms with van der Waals surface area (Å²) in [6.07, 6.45) is 1.05. The number of hydrogen-bond donors (Lipinski definition) is 2. The second-order valence-corrected chi connectivity index (χ2v) is 8.10. The first kappa shape index (κ1) is 23.2. The predicted molar refractivity (Wildman–Crippen MR) is 126 cm³/mol. The van der Waals surface area contributed by atoms with E-state index in [1.165, 1.54) is 13.0 Å². The number of benzene rings is 3. The summed E-state index contributed by atoms with van der Waals surface area (Å²) in [6.45, 7) is 1.67. The van der Waals surface area contributed by atoms with E-state index >= 15 is 0 Å². The number of aryl methyl sites for hydroxylation is 1. The Morgan fingerprint density at radius 2 is 1.66 bits per heavy atom. The van der Waals surface area contributed by atoms with E-state index in [1.807, 2.05) is 42.5 Å². The Hall–Kier alpha value is -3.45. The van der Waals surface area contributed by atoms with Crippen LogP contribution in [-0.2, 0) is 22.6 Å². The Labute approximate surface area is 195 Å². The number of ether oxygens (including phenoxy) is 1. The lowest BCUT2D eigenvalue weighted by atomic mass is 10.1. The van der Waals surface area contributed by atoms with E-state index in [9.17, 15) is 14.4 Å². The van der Waals surface area contributed by atoms with Gasteiger partial charge in [-0.05, 0) is 60.0 Å². The maximum absolute atomic E-state index is 12.5. The Balaban J connectivity index is 1.53. The molecule has 3 aromatic rings. The fourth-order valence-corrected chi connectivity index (χ4v) is 3.52. The van der Waals surface area contributed by atoms with Gasteiger partial charge in [-0.3, -0.25) is 14.4 Å². The highest BCUT2D eigenvalue weighted by Crippen LogP contribution is 2.17. The highest BCUT2D eigenvalue weighted by Gasteiger charge is 2.09. The van der Waals surface area contributed by atoms with E-state index in [1.54, 1.807) is 24.3 Å². The molecule has 164 valence electrons. The molecule has 2 amide bonds. The summed E-state index contributed by atoms with van der Waals surface area (Å²) in [4.78, 5) is 35.9. The van der Waals surface area contributed by atoms with Crippen molar-refractivity contribution in [3.8, 4) is 5.75 Å². The van der Waals surface area contributed by atoms with Gasteiger partial charge in [0.15, 0.2) is 0 Å². The maximum atomic E-state index is 12.5. The second-order valence-electron chi connectivity index (χ2n) is 7.18. The van der Waals surface area contributed by atoms with Crippen molar-refractivity contribution in [2.24, 2.45) is 0 Å². The number of anilines is 1. The van der Waals surface area contributed by atoms with Gasteiger partial charge in [-0.1, -0.05) is 46.3 Å². The first-order chi connectivity index (χ1) is 15.4. The molecular weight excluding hydrogens is 472 g/mol. The van der Waals surface area contributed by atoms with Gasteiger partial charge in [0.1, 0.15) is 5.75 Å². The molecule has 0 heterocycles. The van der Waals surface area contributed by atoms with E-state index in [0.717, 1.165) is 15.6 Å². The lowest BCUT2D eigenvalue weighted by molar-refractivity contribution is -0.131. The zero-order valence-corrected chi connectivity index (χ0v) is 19.1. The molecule has 7 heteroatoms. The number of rotatable bonds is 8. The summed E-state index contributed by atoms with van der Waals surface area (Å²) in [7, 11) is 0. The molecule has 6 nitrogen and oxygen atoms in total. The summed E-state index contributed by atoms with van der Waals surface area (Å²) in [6, 6.07) is 21.6. The molecule has 0 unspecified atom stereocenters. The fourth-order valence-electron chi connectivity index (χ4n) is 3.07. The van der Waals surface area contributed by atoms with Crippen LogP contribution in [0.1, 0.15) is 34.8 Å². The van der Waals surface area contributed by atoms with E-state index in [0.29, 0.717) is 36.4 Å². The van der Waals surface area contributed by atoms with Gasteiger partial charge in [-0.25, -0.2) is 0 Å². The Kier molecular flexibility index (Phi) is 8.16. The molecule has 0 aliphatic carbocycles. The van der Waals surface area contributed by atoms with Crippen molar-refractivity contribution in [2.45, 2.75) is 26.3 Å². The number of carbonyl (C=O) groups is 3. The van der Waals surface area contributed by atoms with E-state index < -0.39 is 5.97 Å². The van der Waals surface area contributed by atoms with Crippen molar-refractivity contribution in [3.63, 3.8) is 0 Å². The number of halogens is 1. The van der Waals surface area contributed by atoms with Crippen molar-refractivity contribution in [1.29, 1.82) is 0 Å². The highest BCUT2D eigenvalue weighted by molar-refractivity contribution is 9.10. The van der Waals surface area contributed by atoms with Crippen LogP contribution in [-0.4, -0.2) is 17.8 Å². The van der Waals surface area contributed by atoms with Gasteiger partial charge in [0.25, 0.3) is 5.91 Å². The lowest BCUT2D eigenvalue weighted by Crippen LogP contribution is -2.23. The first-order valence-corrected chi connectivity index (χ1v) is 10.9. The topological polar surface area (TPSA) is 84.5 Å². The van der Waals surface area contributed by atoms with Gasteiger partial charge in [0, 0.05) is 35.6 Å². The van der Waals surface area contributed by atoms with Crippen LogP contribution in [0.25, 0.3) is 0 Å². The number of carbonyl (C=O) groups excluding carboxylic acids is 3. The van der Waals surface area contributed by atoms with Crippen molar-refractivity contribution in [3.05, 3.63) is 94.0 Å². The van der Waals surface area contributed by atoms with Gasteiger partial charge in [-0.2, -0.15) is 0 Å². The van der Waals surface area contributed by atoms with Crippen LogP contribution in [0.4, 0.5) is 5.69 Å². The van der Waals surface area contributed by atoms with Gasteiger partial charge >= 0.3 is 5.97 Å². The Morgan fingerprint density at radius 1 is 0.906 bits per heavy atom. The molecule has 32 heavy (non-hydrogen) atoms. The van der Waals surface area contributed by atoms with E-state index in [-0.39, 0.29) is 11.8 Å². The molecule has 0 atom stereocenters. The third-order valence-electron chi connectivity index (χ3n) is 4.56. The SMILES string of the molecule is CC(=O)Oc1cccc(C(=O)Nc2cccc(CNC(=O)CCc3cccc(Br)c3)c2)c1. The van der Waals surface area contributed by atoms with Gasteiger partial charge in [-0.15, -0.1) is 0 Å². The predicted octanol–water partition coefficient (Wildman–Crippen LogP) is 4.88. The summed E-state index contributed by atoms with van der Waals surface area (Å²) < 4.78 is 6.01. The smallest absolute Gasteiger partial charge is 0.308 e. The van der Waals surface area contributed by atoms with Crippen LogP contribution in [0, 0.1) is 0 Å². The third kappa shape index (κ3) is 7.35. The Bertz CT molecular complexity index is 1130. The Morgan fingerprint density at radius 3 is 2.44 bits per heavy atom. The molecule has 0 fully saturated rings. The van der Waals surface area contributed by atoms with Crippen molar-refractivity contribution in [1.82, 2.24) is 5.32 Å². The molecule has 0 saturated carbocycles. The molecular formula is C25H23BrN2O4. The summed E-state index contributed by atoms with van der Waals surface area (Å²) in [5.41, 5.74) is 2.94. The molecule has 0 saturated heterocycles. The number of hydrogen-bond acceptors (Lipinski definition) is 4. The van der Waals surface area contributed by atoms with Crippen LogP contribution in [0.2, 0.25) is 0 Å². The second kappa shape index (κ2) is 11.2. The van der Waals surface area contributed by atoms with Crippen LogP contribution in [0.15, 0.2) is 77.3 Å². The highest BCUT2D eigenvalue weighted by atomic mass is 79.9. The summed E-state index contributed by atoms with van der Waals surface area (Å²) in [5, 5.41) is 5.73. The lowest BCUT2D eigenvalue weighted by Gasteiger charge is -2.10. The summed E-state index contributed by atoms with van der Waals surface area (Å²) >= 11 is 3.43. The molecule has 0 aliphatic heterocycles. The van der Waals surface area contributed by atoms with Crippen molar-refractivity contribution < 1.29 is 19.1 Å². The van der Waals surface area contributed by atoms with Gasteiger partial charge in [0.2, 0.25) is 5.91 Å². The minimum atomic E-state index is -0.450. The molecule has 0 radical (unpaired) electrons. The fraction of sp³-hybridized carbons (Fsp3) is 0.160. The minimum absolute atomic E-state index is 0.0401. The van der Waals surface area contributed by atoms with Crippen molar-refractivity contribution >= 4 is 39.4 Å². The number of amides is 2. The van der Waals surface area contributed by atoms with Gasteiger partial charge in [0.05, 0.1) is 0 Å². The number of nitrogens with one attached hydrogen (secondary N) is 2. The molecule has 0 spiro atoms. The molecule has 0 aliphatic rings. The van der Waals surface area contributed by atoms with Crippen LogP contribution < -0.4 is 15.4 Å². The van der Waals surface area contributed by atoms with Crippen LogP contribution in [0.3, 0.4) is 0 Å². The standard InChI is InChI=1S/C25H23BrN2O4/c1-17(29)32-23-10-4-7-20(15-23)25(31)28-22-9-3-6-19(14-22)16-27-24(30)12-11-18-5-2-8-21(26)13-18/h2-10,13-15H,11-12,16H2,1H3,(H,27,30)(H,28,31). The molecule has 2 N–H and O–H groups in total. The molecule has 0 aromatic heterocycles. The quantitative estimate of drug-likeness (QED) is 0.345. The maximum Gasteiger partial charge on any atom is 0.308 e. The average molecular weight is 495 g/mol. The normalized spacial score (nSPS) is 10.3. The van der Waals surface area contributed by atoms with Crippen LogP contribution in [0.5, 0.6) is 5.75 Å². The zero-order valence-electron chi connectivity index (χ0n) is 17.6. The first-order valence-electron chi connectivity index (χ1n) is 10.1. The van der Waals surface area contributed by atoms with Gasteiger partial charge < -0.3 is 15.4 Å². The zero-order chi connectivity index (χ0) is 22.9. The monoisotopic (exact) mass is 494 g/mol. The third-order valence-corrected chi connectivity index (χ3v) is 5.06. The van der Waals surface area contributed by atoms with E-state index in [2.05, 4.69) is 26.6 Å². The van der Waals surface area contributed by atoms with Crippen LogP contribution >= 0.6 is 15.9 Å². The molecule has 0 bridgehead atoms. The number of esters is 1. The van der Waals surface area contributed by atoms with E-state index in [4.69, 9.17) is 4.74 Å². The average Bonchev–Trinajstić information content (AvgIpc) is 2.76. The summed E-state index contributed by atoms with van der Waals surface area (Å²) in [5.74, 6) is -0.505.